The van der Waals surface area contributed by atoms with E-state index in [4.69, 9.17) is 14.5 Å². The highest BCUT2D eigenvalue weighted by molar-refractivity contribution is 5.65. The van der Waals surface area contributed by atoms with Crippen LogP contribution in [0.15, 0.2) is 24.5 Å². The molecule has 1 unspecified atom stereocenters. The first-order valence-corrected chi connectivity index (χ1v) is 10.2. The highest BCUT2D eigenvalue weighted by atomic mass is 16.5. The maximum absolute atomic E-state index is 5.81. The summed E-state index contributed by atoms with van der Waals surface area (Å²) in [6, 6.07) is 4.72. The van der Waals surface area contributed by atoms with Crippen LogP contribution in [0.25, 0.3) is 11.4 Å². The van der Waals surface area contributed by atoms with Crippen molar-refractivity contribution in [3.05, 3.63) is 35.7 Å². The Bertz CT molecular complexity index is 772. The molecule has 2 aliphatic rings. The molecule has 0 aliphatic carbocycles. The molecule has 0 amide bonds. The number of benzene rings is 1. The molecule has 146 valence electrons. The van der Waals surface area contributed by atoms with Gasteiger partial charge in [0.2, 0.25) is 0 Å². The molecule has 0 saturated carbocycles. The number of likely N-dealkylation sites (tertiary alicyclic amines) is 1. The quantitative estimate of drug-likeness (QED) is 0.799. The fourth-order valence-electron chi connectivity index (χ4n) is 4.53. The molecule has 2 fully saturated rings. The van der Waals surface area contributed by atoms with Gasteiger partial charge in [-0.3, -0.25) is 0 Å². The van der Waals surface area contributed by atoms with E-state index in [9.17, 15) is 0 Å². The first kappa shape index (κ1) is 18.5. The molecule has 2 saturated heterocycles. The normalized spacial score (nSPS) is 21.7. The average Bonchev–Trinajstić information content (AvgIpc) is 3.37. The summed E-state index contributed by atoms with van der Waals surface area (Å²) in [5.74, 6) is 2.02. The van der Waals surface area contributed by atoms with Crippen molar-refractivity contribution < 1.29 is 9.47 Å². The molecule has 5 nitrogen and oxygen atoms in total. The number of piperidine rings is 1. The summed E-state index contributed by atoms with van der Waals surface area (Å²) in [7, 11) is 1.73. The van der Waals surface area contributed by atoms with Gasteiger partial charge in [-0.1, -0.05) is 0 Å². The minimum atomic E-state index is 0.454. The molecule has 0 bridgehead atoms. The Hall–Kier alpha value is -1.85. The number of hydrogen-bond acceptors (Lipinski definition) is 4. The standard InChI is InChI=1S/C22H31N3O2/c1-16-17(2)21(26-3)7-6-20(16)22-23-10-13-25(22)18-8-11-24(12-9-18)15-19-5-4-14-27-19/h6-7,10,13,18-19H,4-5,8-9,11-12,14-15H2,1-3H3. The van der Waals surface area contributed by atoms with E-state index in [2.05, 4.69) is 41.6 Å². The van der Waals surface area contributed by atoms with Crippen LogP contribution < -0.4 is 4.74 Å². The Morgan fingerprint density at radius 2 is 1.96 bits per heavy atom. The van der Waals surface area contributed by atoms with Crippen molar-refractivity contribution in [2.45, 2.75) is 51.7 Å². The highest BCUT2D eigenvalue weighted by Gasteiger charge is 2.26. The molecule has 1 aromatic carbocycles. The van der Waals surface area contributed by atoms with Crippen molar-refractivity contribution in [1.29, 1.82) is 0 Å². The maximum Gasteiger partial charge on any atom is 0.140 e. The molecule has 1 atom stereocenters. The number of aromatic nitrogens is 2. The predicted octanol–water partition coefficient (Wildman–Crippen LogP) is 3.99. The van der Waals surface area contributed by atoms with Crippen molar-refractivity contribution >= 4 is 0 Å². The number of methoxy groups -OCH3 is 1. The lowest BCUT2D eigenvalue weighted by atomic mass is 10.00. The minimum absolute atomic E-state index is 0.454. The van der Waals surface area contributed by atoms with E-state index in [1.807, 2.05) is 6.20 Å². The third-order valence-corrected chi connectivity index (χ3v) is 6.30. The van der Waals surface area contributed by atoms with E-state index >= 15 is 0 Å². The third-order valence-electron chi connectivity index (χ3n) is 6.30. The zero-order valence-corrected chi connectivity index (χ0v) is 16.8. The van der Waals surface area contributed by atoms with Crippen LogP contribution in [0, 0.1) is 13.8 Å². The van der Waals surface area contributed by atoms with Gasteiger partial charge in [0.25, 0.3) is 0 Å². The first-order valence-electron chi connectivity index (χ1n) is 10.2. The topological polar surface area (TPSA) is 39.5 Å². The Kier molecular flexibility index (Phi) is 5.50. The van der Waals surface area contributed by atoms with E-state index in [-0.39, 0.29) is 0 Å². The van der Waals surface area contributed by atoms with Gasteiger partial charge in [-0.15, -0.1) is 0 Å². The van der Waals surface area contributed by atoms with Crippen LogP contribution in [0.3, 0.4) is 0 Å². The third kappa shape index (κ3) is 3.76. The van der Waals surface area contributed by atoms with E-state index in [1.54, 1.807) is 7.11 Å². The molecule has 5 heteroatoms. The van der Waals surface area contributed by atoms with E-state index in [1.165, 1.54) is 42.4 Å². The second-order valence-corrected chi connectivity index (χ2v) is 7.89. The smallest absolute Gasteiger partial charge is 0.140 e. The Morgan fingerprint density at radius 1 is 1.15 bits per heavy atom. The van der Waals surface area contributed by atoms with Crippen molar-refractivity contribution in [2.75, 3.05) is 33.4 Å². The summed E-state index contributed by atoms with van der Waals surface area (Å²) < 4.78 is 13.7. The van der Waals surface area contributed by atoms with Crippen LogP contribution in [0.4, 0.5) is 0 Å². The van der Waals surface area contributed by atoms with Crippen LogP contribution in [0.1, 0.15) is 42.9 Å². The molecular formula is C22H31N3O2. The number of hydrogen-bond donors (Lipinski definition) is 0. The summed E-state index contributed by atoms with van der Waals surface area (Å²) >= 11 is 0. The molecule has 4 rings (SSSR count). The first-order chi connectivity index (χ1) is 13.2. The van der Waals surface area contributed by atoms with Crippen LogP contribution in [0.5, 0.6) is 5.75 Å². The van der Waals surface area contributed by atoms with Crippen molar-refractivity contribution in [3.8, 4) is 17.1 Å². The van der Waals surface area contributed by atoms with Crippen molar-refractivity contribution in [1.82, 2.24) is 14.5 Å². The highest BCUT2D eigenvalue weighted by Crippen LogP contribution is 2.33. The van der Waals surface area contributed by atoms with E-state index in [0.29, 0.717) is 12.1 Å². The van der Waals surface area contributed by atoms with Gasteiger partial charge in [-0.05, 0) is 62.8 Å². The Labute approximate surface area is 162 Å². The molecule has 0 spiro atoms. The average molecular weight is 370 g/mol. The lowest BCUT2D eigenvalue weighted by molar-refractivity contribution is 0.0608. The largest absolute Gasteiger partial charge is 0.496 e. The number of imidazole rings is 1. The Morgan fingerprint density at radius 3 is 2.67 bits per heavy atom. The number of nitrogens with zero attached hydrogens (tertiary/aromatic N) is 3. The second-order valence-electron chi connectivity index (χ2n) is 7.89. The van der Waals surface area contributed by atoms with Gasteiger partial charge in [-0.25, -0.2) is 4.98 Å². The minimum Gasteiger partial charge on any atom is -0.496 e. The molecule has 1 aromatic heterocycles. The van der Waals surface area contributed by atoms with Crippen molar-refractivity contribution in [3.63, 3.8) is 0 Å². The predicted molar refractivity (Wildman–Crippen MR) is 107 cm³/mol. The zero-order chi connectivity index (χ0) is 18.8. The Balaban J connectivity index is 1.48. The van der Waals surface area contributed by atoms with Gasteiger partial charge in [0.15, 0.2) is 0 Å². The van der Waals surface area contributed by atoms with Gasteiger partial charge in [0, 0.05) is 50.2 Å². The lowest BCUT2D eigenvalue weighted by Gasteiger charge is -2.34. The van der Waals surface area contributed by atoms with Gasteiger partial charge in [0.1, 0.15) is 11.6 Å². The molecule has 2 aromatic rings. The van der Waals surface area contributed by atoms with E-state index < -0.39 is 0 Å². The summed E-state index contributed by atoms with van der Waals surface area (Å²) in [4.78, 5) is 7.29. The van der Waals surface area contributed by atoms with Gasteiger partial charge >= 0.3 is 0 Å². The van der Waals surface area contributed by atoms with Gasteiger partial charge in [-0.2, -0.15) is 0 Å². The monoisotopic (exact) mass is 369 g/mol. The lowest BCUT2D eigenvalue weighted by Crippen LogP contribution is -2.39. The number of ether oxygens (including phenoxy) is 2. The molecular weight excluding hydrogens is 338 g/mol. The molecule has 0 N–H and O–H groups in total. The summed E-state index contributed by atoms with van der Waals surface area (Å²) in [5, 5.41) is 0. The van der Waals surface area contributed by atoms with E-state index in [0.717, 1.165) is 37.8 Å². The maximum atomic E-state index is 5.81. The fraction of sp³-hybridized carbons (Fsp3) is 0.591. The molecule has 0 radical (unpaired) electrons. The van der Waals surface area contributed by atoms with Crippen LogP contribution in [-0.4, -0.2) is 53.9 Å². The number of rotatable bonds is 5. The summed E-state index contributed by atoms with van der Waals surface area (Å²) in [6.07, 6.45) is 9.33. The zero-order valence-electron chi connectivity index (χ0n) is 16.8. The SMILES string of the molecule is COc1ccc(-c2nccn2C2CCN(CC3CCCO3)CC2)c(C)c1C. The molecule has 2 aliphatic heterocycles. The van der Waals surface area contributed by atoms with Crippen molar-refractivity contribution in [2.24, 2.45) is 0 Å². The fourth-order valence-corrected chi connectivity index (χ4v) is 4.53. The summed E-state index contributed by atoms with van der Waals surface area (Å²) in [5.41, 5.74) is 3.65. The summed E-state index contributed by atoms with van der Waals surface area (Å²) in [6.45, 7) is 8.61. The van der Waals surface area contributed by atoms with Gasteiger partial charge < -0.3 is 18.9 Å². The molecule has 27 heavy (non-hydrogen) atoms. The second kappa shape index (κ2) is 8.03. The van der Waals surface area contributed by atoms with Crippen LogP contribution >= 0.6 is 0 Å². The molecule has 3 heterocycles. The van der Waals surface area contributed by atoms with Gasteiger partial charge in [0.05, 0.1) is 13.2 Å². The van der Waals surface area contributed by atoms with Crippen LogP contribution in [-0.2, 0) is 4.74 Å². The van der Waals surface area contributed by atoms with Crippen LogP contribution in [0.2, 0.25) is 0 Å².